The van der Waals surface area contributed by atoms with E-state index in [0.29, 0.717) is 24.4 Å². The first-order valence-corrected chi connectivity index (χ1v) is 11.7. The van der Waals surface area contributed by atoms with Gasteiger partial charge in [0.25, 0.3) is 11.5 Å². The molecule has 7 nitrogen and oxygen atoms in total. The van der Waals surface area contributed by atoms with Crippen LogP contribution >= 0.6 is 0 Å². The van der Waals surface area contributed by atoms with Gasteiger partial charge >= 0.3 is 0 Å². The van der Waals surface area contributed by atoms with Crippen LogP contribution in [0.2, 0.25) is 0 Å². The molecule has 0 radical (unpaired) electrons. The Balaban J connectivity index is 1.69. The minimum atomic E-state index is -0.569. The molecule has 7 heteroatoms. The van der Waals surface area contributed by atoms with Crippen LogP contribution in [0.4, 0.5) is 0 Å². The summed E-state index contributed by atoms with van der Waals surface area (Å²) >= 11 is 0. The number of carbonyl (C=O) groups excluding carboxylic acids is 1. The largest absolute Gasteiger partial charge is 0.438 e. The zero-order chi connectivity index (χ0) is 25.5. The van der Waals surface area contributed by atoms with E-state index in [-0.39, 0.29) is 17.0 Å². The molecular formula is C29H26N4O3. The first kappa shape index (κ1) is 24.4. The number of nitrogens with one attached hydrogen (secondary N) is 1. The second-order valence-electron chi connectivity index (χ2n) is 8.28. The smallest absolute Gasteiger partial charge is 0.269 e. The first-order chi connectivity index (χ1) is 17.5. The van der Waals surface area contributed by atoms with Gasteiger partial charge < -0.3 is 10.1 Å². The number of amides is 1. The van der Waals surface area contributed by atoms with Gasteiger partial charge in [0.2, 0.25) is 5.88 Å². The zero-order valence-electron chi connectivity index (χ0n) is 20.2. The van der Waals surface area contributed by atoms with Crippen molar-refractivity contribution in [1.29, 1.82) is 5.26 Å². The summed E-state index contributed by atoms with van der Waals surface area (Å²) in [5, 5.41) is 12.5. The zero-order valence-corrected chi connectivity index (χ0v) is 20.2. The maximum atomic E-state index is 13.4. The predicted octanol–water partition coefficient (Wildman–Crippen LogP) is 4.62. The van der Waals surface area contributed by atoms with Gasteiger partial charge in [0, 0.05) is 12.7 Å². The fourth-order valence-corrected chi connectivity index (χ4v) is 3.75. The Kier molecular flexibility index (Phi) is 7.57. The van der Waals surface area contributed by atoms with E-state index in [9.17, 15) is 14.9 Å². The van der Waals surface area contributed by atoms with Crippen molar-refractivity contribution in [2.75, 3.05) is 6.54 Å². The molecule has 0 fully saturated rings. The SMILES string of the molecule is CCc1ccc(Oc2nc3c(C)cccn3c(=O)c2/C=C(/C#N)C(=O)NCCc2ccccc2)cc1. The molecule has 0 bridgehead atoms. The highest BCUT2D eigenvalue weighted by molar-refractivity contribution is 6.01. The summed E-state index contributed by atoms with van der Waals surface area (Å²) in [7, 11) is 0. The van der Waals surface area contributed by atoms with E-state index in [4.69, 9.17) is 4.74 Å². The normalized spacial score (nSPS) is 11.2. The molecule has 4 aromatic rings. The highest BCUT2D eigenvalue weighted by Crippen LogP contribution is 2.25. The van der Waals surface area contributed by atoms with Crippen molar-refractivity contribution in [3.63, 3.8) is 0 Å². The van der Waals surface area contributed by atoms with Crippen LogP contribution in [0.3, 0.4) is 0 Å². The minimum absolute atomic E-state index is 0.0208. The van der Waals surface area contributed by atoms with Gasteiger partial charge in [0.1, 0.15) is 28.6 Å². The molecular weight excluding hydrogens is 452 g/mol. The predicted molar refractivity (Wildman–Crippen MR) is 139 cm³/mol. The Bertz CT molecular complexity index is 1510. The molecule has 0 saturated heterocycles. The number of nitrogens with zero attached hydrogens (tertiary/aromatic N) is 3. The lowest BCUT2D eigenvalue weighted by atomic mass is 10.1. The van der Waals surface area contributed by atoms with Crippen LogP contribution in [-0.2, 0) is 17.6 Å². The van der Waals surface area contributed by atoms with Gasteiger partial charge in [-0.15, -0.1) is 0 Å². The van der Waals surface area contributed by atoms with Gasteiger partial charge in [-0.1, -0.05) is 55.5 Å². The van der Waals surface area contributed by atoms with E-state index in [1.165, 1.54) is 10.5 Å². The van der Waals surface area contributed by atoms with Crippen LogP contribution in [0, 0.1) is 18.3 Å². The molecule has 4 rings (SSSR count). The Morgan fingerprint density at radius 3 is 2.53 bits per heavy atom. The van der Waals surface area contributed by atoms with Crippen LogP contribution < -0.4 is 15.6 Å². The molecule has 0 spiro atoms. The molecule has 0 saturated carbocycles. The number of aromatic nitrogens is 2. The second kappa shape index (κ2) is 11.2. The van der Waals surface area contributed by atoms with Crippen LogP contribution in [-0.4, -0.2) is 21.8 Å². The van der Waals surface area contributed by atoms with Crippen molar-refractivity contribution < 1.29 is 9.53 Å². The van der Waals surface area contributed by atoms with E-state index in [2.05, 4.69) is 17.2 Å². The summed E-state index contributed by atoms with van der Waals surface area (Å²) in [6.45, 7) is 4.25. The minimum Gasteiger partial charge on any atom is -0.438 e. The molecule has 1 amide bonds. The highest BCUT2D eigenvalue weighted by Gasteiger charge is 2.18. The average molecular weight is 479 g/mol. The Hall–Kier alpha value is -4.70. The van der Waals surface area contributed by atoms with Crippen LogP contribution in [0.25, 0.3) is 11.7 Å². The van der Waals surface area contributed by atoms with Gasteiger partial charge in [-0.25, -0.2) is 0 Å². The van der Waals surface area contributed by atoms with Gasteiger partial charge in [0.15, 0.2) is 0 Å². The number of hydrogen-bond acceptors (Lipinski definition) is 5. The molecule has 180 valence electrons. The van der Waals surface area contributed by atoms with E-state index in [1.54, 1.807) is 24.4 Å². The Morgan fingerprint density at radius 1 is 1.08 bits per heavy atom. The van der Waals surface area contributed by atoms with E-state index in [1.807, 2.05) is 61.5 Å². The number of pyridine rings is 1. The number of benzene rings is 2. The van der Waals surface area contributed by atoms with Crippen molar-refractivity contribution in [2.24, 2.45) is 0 Å². The lowest BCUT2D eigenvalue weighted by Crippen LogP contribution is -2.27. The van der Waals surface area contributed by atoms with Crippen molar-refractivity contribution in [3.8, 4) is 17.7 Å². The average Bonchev–Trinajstić information content (AvgIpc) is 2.90. The fourth-order valence-electron chi connectivity index (χ4n) is 3.75. The number of nitriles is 1. The van der Waals surface area contributed by atoms with Gasteiger partial charge in [0.05, 0.1) is 0 Å². The van der Waals surface area contributed by atoms with E-state index < -0.39 is 11.5 Å². The summed E-state index contributed by atoms with van der Waals surface area (Å²) in [6, 6.07) is 22.7. The summed E-state index contributed by atoms with van der Waals surface area (Å²) in [5.74, 6) is -0.0405. The molecule has 1 N–H and O–H groups in total. The molecule has 0 aliphatic carbocycles. The number of carbonyl (C=O) groups is 1. The summed E-state index contributed by atoms with van der Waals surface area (Å²) in [5.41, 5.74) is 2.81. The van der Waals surface area contributed by atoms with E-state index in [0.717, 1.165) is 23.1 Å². The molecule has 0 aliphatic rings. The van der Waals surface area contributed by atoms with Crippen LogP contribution in [0.15, 0.2) is 83.3 Å². The molecule has 2 aromatic heterocycles. The standard InChI is InChI=1S/C29H26N4O3/c1-3-21-11-13-24(14-12-21)36-28-25(29(35)33-17-7-8-20(2)26(33)32-28)18-23(19-30)27(34)31-16-15-22-9-5-4-6-10-22/h4-14,17-18H,3,15-16H2,1-2H3,(H,31,34)/b23-18-. The van der Waals surface area contributed by atoms with Crippen molar-refractivity contribution in [2.45, 2.75) is 26.7 Å². The quantitative estimate of drug-likeness (QED) is 0.294. The summed E-state index contributed by atoms with van der Waals surface area (Å²) in [4.78, 5) is 30.8. The third kappa shape index (κ3) is 5.50. The molecule has 0 atom stereocenters. The second-order valence-corrected chi connectivity index (χ2v) is 8.28. The Labute approximate surface area is 209 Å². The first-order valence-electron chi connectivity index (χ1n) is 11.7. The van der Waals surface area contributed by atoms with Crippen molar-refractivity contribution >= 4 is 17.6 Å². The van der Waals surface area contributed by atoms with Crippen molar-refractivity contribution in [3.05, 3.63) is 111 Å². The molecule has 36 heavy (non-hydrogen) atoms. The third-order valence-corrected chi connectivity index (χ3v) is 5.79. The maximum absolute atomic E-state index is 13.4. The van der Waals surface area contributed by atoms with Crippen LogP contribution in [0.5, 0.6) is 11.6 Å². The summed E-state index contributed by atoms with van der Waals surface area (Å²) in [6.07, 6.45) is 4.35. The lowest BCUT2D eigenvalue weighted by molar-refractivity contribution is -0.117. The Morgan fingerprint density at radius 2 is 1.83 bits per heavy atom. The number of rotatable bonds is 8. The maximum Gasteiger partial charge on any atom is 0.269 e. The monoisotopic (exact) mass is 478 g/mol. The molecule has 2 heterocycles. The highest BCUT2D eigenvalue weighted by atomic mass is 16.5. The topological polar surface area (TPSA) is 96.5 Å². The summed E-state index contributed by atoms with van der Waals surface area (Å²) < 4.78 is 7.39. The van der Waals surface area contributed by atoms with Crippen molar-refractivity contribution in [1.82, 2.24) is 14.7 Å². The number of hydrogen-bond donors (Lipinski definition) is 1. The lowest BCUT2D eigenvalue weighted by Gasteiger charge is -2.12. The van der Waals surface area contributed by atoms with Gasteiger partial charge in [-0.05, 0) is 60.7 Å². The third-order valence-electron chi connectivity index (χ3n) is 5.79. The van der Waals surface area contributed by atoms with Crippen LogP contribution in [0.1, 0.15) is 29.2 Å². The number of aryl methyl sites for hydroxylation is 2. The van der Waals surface area contributed by atoms with E-state index >= 15 is 0 Å². The fraction of sp³-hybridized carbons (Fsp3) is 0.172. The molecule has 0 unspecified atom stereocenters. The van der Waals surface area contributed by atoms with Gasteiger partial charge in [-0.3, -0.25) is 14.0 Å². The number of ether oxygens (including phenoxy) is 1. The number of fused-ring (bicyclic) bond motifs is 1. The molecule has 0 aliphatic heterocycles. The molecule has 2 aromatic carbocycles. The van der Waals surface area contributed by atoms with Gasteiger partial charge in [-0.2, -0.15) is 10.2 Å².